The van der Waals surface area contributed by atoms with Crippen LogP contribution in [-0.4, -0.2) is 36.2 Å². The molecule has 6 atom stereocenters. The summed E-state index contributed by atoms with van der Waals surface area (Å²) >= 11 is 0. The summed E-state index contributed by atoms with van der Waals surface area (Å²) in [6, 6.07) is 0. The number of aliphatic carboxylic acids is 1. The van der Waals surface area contributed by atoms with E-state index < -0.39 is 18.4 Å². The molecule has 0 unspecified atom stereocenters. The van der Waals surface area contributed by atoms with E-state index in [9.17, 15) is 14.4 Å². The molecule has 1 spiro atoms. The van der Waals surface area contributed by atoms with Gasteiger partial charge >= 0.3 is 17.9 Å². The number of rotatable bonds is 6. The fraction of sp³-hybridized carbons (Fsp3) is 0.800. The van der Waals surface area contributed by atoms with Crippen LogP contribution in [0.3, 0.4) is 0 Å². The van der Waals surface area contributed by atoms with Gasteiger partial charge in [-0.1, -0.05) is 26.3 Å². The summed E-state index contributed by atoms with van der Waals surface area (Å²) < 4.78 is 10.9. The lowest BCUT2D eigenvalue weighted by atomic mass is 9.39. The number of carbonyl (C=O) groups excluding carboxylic acids is 2. The van der Waals surface area contributed by atoms with Crippen LogP contribution in [0.4, 0.5) is 0 Å². The van der Waals surface area contributed by atoms with Gasteiger partial charge in [-0.15, -0.1) is 0 Å². The van der Waals surface area contributed by atoms with Crippen molar-refractivity contribution in [2.75, 3.05) is 13.2 Å². The van der Waals surface area contributed by atoms with Crippen molar-refractivity contribution in [2.24, 2.45) is 34.0 Å². The van der Waals surface area contributed by atoms with E-state index in [1.165, 1.54) is 31.8 Å². The van der Waals surface area contributed by atoms with Gasteiger partial charge < -0.3 is 14.6 Å². The zero-order valence-corrected chi connectivity index (χ0v) is 19.1. The normalized spacial score (nSPS) is 40.9. The number of carbonyl (C=O) groups is 3. The third-order valence-corrected chi connectivity index (χ3v) is 9.46. The number of carboxylic acid groups (broad SMARTS) is 1. The summed E-state index contributed by atoms with van der Waals surface area (Å²) in [5.74, 6) is -0.498. The van der Waals surface area contributed by atoms with E-state index in [0.717, 1.165) is 32.1 Å². The van der Waals surface area contributed by atoms with Crippen LogP contribution >= 0.6 is 0 Å². The second-order valence-corrected chi connectivity index (χ2v) is 11.0. The smallest absolute Gasteiger partial charge is 0.317 e. The number of esters is 2. The van der Waals surface area contributed by atoms with Crippen molar-refractivity contribution < 1.29 is 29.0 Å². The maximum absolute atomic E-state index is 11.9. The van der Waals surface area contributed by atoms with E-state index >= 15 is 0 Å². The molecule has 0 aromatic carbocycles. The summed E-state index contributed by atoms with van der Waals surface area (Å²) in [5.41, 5.74) is 1.66. The van der Waals surface area contributed by atoms with E-state index in [1.807, 2.05) is 0 Å². The minimum absolute atomic E-state index is 0.110. The lowest BCUT2D eigenvalue weighted by Gasteiger charge is -2.65. The van der Waals surface area contributed by atoms with Crippen LogP contribution in [0.15, 0.2) is 11.6 Å². The van der Waals surface area contributed by atoms with Crippen LogP contribution in [0.5, 0.6) is 0 Å². The molecular formula is C25H36O6. The highest BCUT2D eigenvalue weighted by molar-refractivity contribution is 5.90. The van der Waals surface area contributed by atoms with E-state index in [-0.39, 0.29) is 22.2 Å². The molecule has 0 saturated heterocycles. The Kier molecular flexibility index (Phi) is 5.72. The zero-order valence-electron chi connectivity index (χ0n) is 19.1. The first-order chi connectivity index (χ1) is 14.6. The monoisotopic (exact) mass is 432 g/mol. The fourth-order valence-electron chi connectivity index (χ4n) is 8.11. The van der Waals surface area contributed by atoms with Crippen molar-refractivity contribution in [3.05, 3.63) is 11.6 Å². The van der Waals surface area contributed by atoms with E-state index in [1.54, 1.807) is 0 Å². The van der Waals surface area contributed by atoms with E-state index in [4.69, 9.17) is 14.6 Å². The highest BCUT2D eigenvalue weighted by atomic mass is 16.5. The van der Waals surface area contributed by atoms with Gasteiger partial charge in [-0.3, -0.25) is 14.4 Å². The van der Waals surface area contributed by atoms with Gasteiger partial charge in [0.2, 0.25) is 0 Å². The predicted molar refractivity (Wildman–Crippen MR) is 114 cm³/mol. The largest absolute Gasteiger partial charge is 0.481 e. The topological polar surface area (TPSA) is 89.9 Å². The maximum atomic E-state index is 11.9. The molecule has 4 rings (SSSR count). The van der Waals surface area contributed by atoms with Gasteiger partial charge in [-0.05, 0) is 79.1 Å². The number of ether oxygens (including phenoxy) is 2. The van der Waals surface area contributed by atoms with Crippen LogP contribution < -0.4 is 0 Å². The van der Waals surface area contributed by atoms with Gasteiger partial charge in [-0.25, -0.2) is 0 Å². The van der Waals surface area contributed by atoms with Gasteiger partial charge in [0.15, 0.2) is 0 Å². The molecule has 0 radical (unpaired) electrons. The summed E-state index contributed by atoms with van der Waals surface area (Å²) in [7, 11) is 0. The quantitative estimate of drug-likeness (QED) is 0.377. The molecule has 0 heterocycles. The summed E-state index contributed by atoms with van der Waals surface area (Å²) in [5, 5.41) is 8.87. The molecule has 6 heteroatoms. The van der Waals surface area contributed by atoms with Crippen LogP contribution in [0.1, 0.15) is 78.6 Å². The number of hydrogen-bond donors (Lipinski definition) is 1. The molecule has 4 aliphatic carbocycles. The molecule has 2 bridgehead atoms. The zero-order chi connectivity index (χ0) is 22.4. The van der Waals surface area contributed by atoms with Gasteiger partial charge in [0, 0.05) is 12.3 Å². The first-order valence-electron chi connectivity index (χ1n) is 11.8. The van der Waals surface area contributed by atoms with Crippen LogP contribution in [0, 0.1) is 34.0 Å². The molecule has 6 nitrogen and oxygen atoms in total. The highest BCUT2D eigenvalue weighted by Gasteiger charge is 2.66. The average Bonchev–Trinajstić information content (AvgIpc) is 3.07. The van der Waals surface area contributed by atoms with Crippen molar-refractivity contribution in [1.82, 2.24) is 0 Å². The average molecular weight is 433 g/mol. The number of hydrogen-bond acceptors (Lipinski definition) is 5. The van der Waals surface area contributed by atoms with Crippen LogP contribution in [-0.2, 0) is 23.9 Å². The molecule has 0 aromatic heterocycles. The van der Waals surface area contributed by atoms with Crippen molar-refractivity contribution in [3.8, 4) is 0 Å². The number of carboxylic acids is 1. The molecule has 31 heavy (non-hydrogen) atoms. The number of fused-ring (bicyclic) bond motifs is 2. The summed E-state index contributed by atoms with van der Waals surface area (Å²) in [6.07, 6.45) is 11.0. The standard InChI is InChI=1S/C25H36O6/c1-16(26)30-14-18-11-19-5-6-20-23(2,15-31-22(29)12-21(27)28)8-4-9-24(20,3)25(19)10-7-17(18)13-25/h11,17,19-20H,4-10,12-15H2,1-3H3,(H,27,28)/t17-,19+,20+,23-,24+,25-/m0/s1. The Balaban J connectivity index is 1.56. The Bertz CT molecular complexity index is 802. The minimum atomic E-state index is -1.14. The predicted octanol–water partition coefficient (Wildman–Crippen LogP) is 4.52. The second kappa shape index (κ2) is 7.93. The summed E-state index contributed by atoms with van der Waals surface area (Å²) in [6.45, 7) is 6.95. The van der Waals surface area contributed by atoms with Gasteiger partial charge in [0.25, 0.3) is 0 Å². The lowest BCUT2D eigenvalue weighted by molar-refractivity contribution is -0.178. The van der Waals surface area contributed by atoms with Crippen molar-refractivity contribution in [3.63, 3.8) is 0 Å². The van der Waals surface area contributed by atoms with Crippen molar-refractivity contribution in [1.29, 1.82) is 0 Å². The highest BCUT2D eigenvalue weighted by Crippen LogP contribution is 2.73. The minimum Gasteiger partial charge on any atom is -0.481 e. The first kappa shape index (κ1) is 22.3. The Labute approximate surface area is 184 Å². The Hall–Kier alpha value is -1.85. The Morgan fingerprint density at radius 3 is 2.58 bits per heavy atom. The molecule has 1 N–H and O–H groups in total. The van der Waals surface area contributed by atoms with E-state index in [2.05, 4.69) is 19.9 Å². The van der Waals surface area contributed by atoms with Gasteiger partial charge in [0.1, 0.15) is 13.0 Å². The molecular weight excluding hydrogens is 396 g/mol. The van der Waals surface area contributed by atoms with Gasteiger partial charge in [0.05, 0.1) is 6.61 Å². The molecule has 3 fully saturated rings. The van der Waals surface area contributed by atoms with E-state index in [0.29, 0.717) is 31.0 Å². The third kappa shape index (κ3) is 3.70. The van der Waals surface area contributed by atoms with Crippen molar-refractivity contribution >= 4 is 17.9 Å². The molecule has 0 aliphatic heterocycles. The SMILES string of the molecule is CC(=O)OCC1=C[C@H]2CC[C@@H]3[C@](C)(COC(=O)CC(=O)O)CCC[C@@]3(C)[C@]23CC[C@H]1C3. The molecule has 3 saturated carbocycles. The maximum Gasteiger partial charge on any atom is 0.317 e. The first-order valence-corrected chi connectivity index (χ1v) is 11.8. The molecule has 4 aliphatic rings. The fourth-order valence-corrected chi connectivity index (χ4v) is 8.11. The molecule has 172 valence electrons. The number of allylic oxidation sites excluding steroid dienone is 1. The Morgan fingerprint density at radius 1 is 1.10 bits per heavy atom. The molecule has 0 amide bonds. The molecule has 0 aromatic rings. The van der Waals surface area contributed by atoms with Gasteiger partial charge in [-0.2, -0.15) is 0 Å². The van der Waals surface area contributed by atoms with Crippen molar-refractivity contribution in [2.45, 2.75) is 78.6 Å². The summed E-state index contributed by atoms with van der Waals surface area (Å²) in [4.78, 5) is 34.1. The lowest BCUT2D eigenvalue weighted by Crippen LogP contribution is -2.59. The van der Waals surface area contributed by atoms with Crippen LogP contribution in [0.25, 0.3) is 0 Å². The second-order valence-electron chi connectivity index (χ2n) is 11.0. The van der Waals surface area contributed by atoms with Crippen LogP contribution in [0.2, 0.25) is 0 Å². The Morgan fingerprint density at radius 2 is 1.87 bits per heavy atom. The third-order valence-electron chi connectivity index (χ3n) is 9.46.